The molecule has 0 fully saturated rings. The Morgan fingerprint density at radius 2 is 1.32 bits per heavy atom. The Balaban J connectivity index is 2.83. The molecule has 0 heterocycles. The predicted octanol–water partition coefficient (Wildman–Crippen LogP) is 2.76. The van der Waals surface area contributed by atoms with E-state index in [1.165, 1.54) is 37.3 Å². The van der Waals surface area contributed by atoms with Crippen molar-refractivity contribution in [1.82, 2.24) is 0 Å². The summed E-state index contributed by atoms with van der Waals surface area (Å²) in [5.41, 5.74) is 0.0909. The van der Waals surface area contributed by atoms with E-state index >= 15 is 0 Å². The lowest BCUT2D eigenvalue weighted by Crippen LogP contribution is -2.10. The predicted molar refractivity (Wildman–Crippen MR) is 77.5 cm³/mol. The summed E-state index contributed by atoms with van der Waals surface area (Å²) in [6.45, 7) is 1.39. The molecular weight excluding hydrogens is 288 g/mol. The number of rotatable bonds is 4. The highest BCUT2D eigenvalue weighted by atomic mass is 16.4. The summed E-state index contributed by atoms with van der Waals surface area (Å²) < 4.78 is 0. The Kier molecular flexibility index (Phi) is 3.94. The Labute approximate surface area is 125 Å². The van der Waals surface area contributed by atoms with Gasteiger partial charge in [-0.15, -0.1) is 0 Å². The molecule has 112 valence electrons. The van der Waals surface area contributed by atoms with Crippen molar-refractivity contribution in [1.29, 1.82) is 0 Å². The fourth-order valence-electron chi connectivity index (χ4n) is 2.35. The highest BCUT2D eigenvalue weighted by Crippen LogP contribution is 2.31. The monoisotopic (exact) mass is 300 g/mol. The lowest BCUT2D eigenvalue weighted by atomic mass is 9.90. The molecule has 0 bridgehead atoms. The van der Waals surface area contributed by atoms with Crippen LogP contribution in [0.2, 0.25) is 0 Å². The van der Waals surface area contributed by atoms with Crippen LogP contribution < -0.4 is 0 Å². The van der Waals surface area contributed by atoms with E-state index in [0.29, 0.717) is 0 Å². The molecule has 0 aliphatic heterocycles. The Bertz CT molecular complexity index is 791. The maximum atomic E-state index is 11.5. The van der Waals surface area contributed by atoms with E-state index < -0.39 is 17.9 Å². The Hall–Kier alpha value is -3.15. The van der Waals surface area contributed by atoms with Gasteiger partial charge in [-0.1, -0.05) is 24.3 Å². The quantitative estimate of drug-likeness (QED) is 0.800. The number of carbonyl (C=O) groups is 3. The largest absolute Gasteiger partial charge is 0.478 e. The summed E-state index contributed by atoms with van der Waals surface area (Å²) in [4.78, 5) is 34.0. The lowest BCUT2D eigenvalue weighted by molar-refractivity contribution is 0.0680. The van der Waals surface area contributed by atoms with Crippen molar-refractivity contribution in [2.24, 2.45) is 0 Å². The molecule has 0 saturated carbocycles. The third kappa shape index (κ3) is 2.54. The van der Waals surface area contributed by atoms with Gasteiger partial charge in [0.25, 0.3) is 0 Å². The van der Waals surface area contributed by atoms with Crippen LogP contribution in [0.4, 0.5) is 0 Å². The standard InChI is InChI=1S/C16H12O6/c1-8-9(14(17)18)6-7-11(13(8)16(21)22)10-4-2-3-5-12(10)15(19)20/h2-7H,1H3,(H,17,18)(H,19,20)(H,21,22). The molecule has 0 radical (unpaired) electrons. The van der Waals surface area contributed by atoms with Crippen LogP contribution in [-0.4, -0.2) is 33.2 Å². The molecule has 2 rings (SSSR count). The van der Waals surface area contributed by atoms with Crippen molar-refractivity contribution in [3.05, 3.63) is 58.7 Å². The van der Waals surface area contributed by atoms with Crippen molar-refractivity contribution in [3.63, 3.8) is 0 Å². The van der Waals surface area contributed by atoms with Gasteiger partial charge in [0.15, 0.2) is 0 Å². The first-order valence-corrected chi connectivity index (χ1v) is 6.27. The Morgan fingerprint density at radius 1 is 0.727 bits per heavy atom. The van der Waals surface area contributed by atoms with Crippen LogP contribution in [0, 0.1) is 6.92 Å². The average Bonchev–Trinajstić information content (AvgIpc) is 2.45. The molecule has 6 nitrogen and oxygen atoms in total. The van der Waals surface area contributed by atoms with Crippen LogP contribution in [0.25, 0.3) is 11.1 Å². The van der Waals surface area contributed by atoms with Gasteiger partial charge in [-0.3, -0.25) is 0 Å². The van der Waals surface area contributed by atoms with E-state index in [1.807, 2.05) is 0 Å². The zero-order chi connectivity index (χ0) is 16.4. The lowest BCUT2D eigenvalue weighted by Gasteiger charge is -2.13. The maximum Gasteiger partial charge on any atom is 0.336 e. The SMILES string of the molecule is Cc1c(C(=O)O)ccc(-c2ccccc2C(=O)O)c1C(=O)O. The van der Waals surface area contributed by atoms with E-state index in [9.17, 15) is 24.6 Å². The minimum atomic E-state index is -1.31. The number of benzene rings is 2. The van der Waals surface area contributed by atoms with Crippen molar-refractivity contribution in [2.45, 2.75) is 6.92 Å². The number of hydrogen-bond donors (Lipinski definition) is 3. The highest BCUT2D eigenvalue weighted by molar-refractivity contribution is 6.05. The summed E-state index contributed by atoms with van der Waals surface area (Å²) in [5, 5.41) is 27.7. The molecule has 0 aliphatic rings. The fourth-order valence-corrected chi connectivity index (χ4v) is 2.35. The van der Waals surface area contributed by atoms with Gasteiger partial charge in [-0.05, 0) is 35.7 Å². The Morgan fingerprint density at radius 3 is 1.86 bits per heavy atom. The van der Waals surface area contributed by atoms with Gasteiger partial charge in [0.05, 0.1) is 16.7 Å². The molecule has 0 spiro atoms. The smallest absolute Gasteiger partial charge is 0.336 e. The second-order valence-corrected chi connectivity index (χ2v) is 4.62. The number of carboxylic acids is 3. The van der Waals surface area contributed by atoms with E-state index in [-0.39, 0.29) is 33.4 Å². The van der Waals surface area contributed by atoms with Crippen molar-refractivity contribution in [2.75, 3.05) is 0 Å². The zero-order valence-corrected chi connectivity index (χ0v) is 11.5. The summed E-state index contributed by atoms with van der Waals surface area (Å²) in [6.07, 6.45) is 0. The first-order valence-electron chi connectivity index (χ1n) is 6.27. The number of carboxylic acid groups (broad SMARTS) is 3. The third-order valence-electron chi connectivity index (χ3n) is 3.36. The van der Waals surface area contributed by atoms with Gasteiger partial charge >= 0.3 is 17.9 Å². The highest BCUT2D eigenvalue weighted by Gasteiger charge is 2.22. The normalized spacial score (nSPS) is 10.2. The molecule has 0 aromatic heterocycles. The fraction of sp³-hybridized carbons (Fsp3) is 0.0625. The van der Waals surface area contributed by atoms with Crippen LogP contribution in [0.5, 0.6) is 0 Å². The second-order valence-electron chi connectivity index (χ2n) is 4.62. The van der Waals surface area contributed by atoms with Gasteiger partial charge in [0, 0.05) is 0 Å². The summed E-state index contributed by atoms with van der Waals surface area (Å²) in [7, 11) is 0. The van der Waals surface area contributed by atoms with Crippen molar-refractivity contribution < 1.29 is 29.7 Å². The van der Waals surface area contributed by atoms with Crippen LogP contribution >= 0.6 is 0 Å². The van der Waals surface area contributed by atoms with E-state index in [4.69, 9.17) is 5.11 Å². The van der Waals surface area contributed by atoms with E-state index in [1.54, 1.807) is 6.07 Å². The van der Waals surface area contributed by atoms with Gasteiger partial charge in [0.1, 0.15) is 0 Å². The molecule has 2 aromatic carbocycles. The van der Waals surface area contributed by atoms with Crippen LogP contribution in [0.15, 0.2) is 36.4 Å². The van der Waals surface area contributed by atoms with Gasteiger partial charge in [-0.25, -0.2) is 14.4 Å². The van der Waals surface area contributed by atoms with Crippen LogP contribution in [0.3, 0.4) is 0 Å². The molecule has 0 atom stereocenters. The van der Waals surface area contributed by atoms with E-state index in [2.05, 4.69) is 0 Å². The minimum absolute atomic E-state index is 0.0486. The minimum Gasteiger partial charge on any atom is -0.478 e. The molecule has 6 heteroatoms. The molecule has 0 amide bonds. The summed E-state index contributed by atoms with van der Waals surface area (Å²) in [5.74, 6) is -3.74. The van der Waals surface area contributed by atoms with Crippen LogP contribution in [-0.2, 0) is 0 Å². The molecular formula is C16H12O6. The van der Waals surface area contributed by atoms with E-state index in [0.717, 1.165) is 0 Å². The van der Waals surface area contributed by atoms with Gasteiger partial charge < -0.3 is 15.3 Å². The average molecular weight is 300 g/mol. The zero-order valence-electron chi connectivity index (χ0n) is 11.5. The summed E-state index contributed by atoms with van der Waals surface area (Å²) in [6, 6.07) is 8.58. The molecule has 0 saturated heterocycles. The maximum absolute atomic E-state index is 11.5. The third-order valence-corrected chi connectivity index (χ3v) is 3.36. The number of hydrogen-bond acceptors (Lipinski definition) is 3. The molecule has 3 N–H and O–H groups in total. The number of aromatic carboxylic acids is 3. The van der Waals surface area contributed by atoms with Crippen LogP contribution in [0.1, 0.15) is 36.6 Å². The molecule has 0 unspecified atom stereocenters. The van der Waals surface area contributed by atoms with Crippen molar-refractivity contribution >= 4 is 17.9 Å². The molecule has 0 aliphatic carbocycles. The topological polar surface area (TPSA) is 112 Å². The molecule has 2 aromatic rings. The first-order chi connectivity index (χ1) is 10.3. The second kappa shape index (κ2) is 5.69. The van der Waals surface area contributed by atoms with Gasteiger partial charge in [0.2, 0.25) is 0 Å². The first kappa shape index (κ1) is 15.2. The molecule has 22 heavy (non-hydrogen) atoms. The van der Waals surface area contributed by atoms with Gasteiger partial charge in [-0.2, -0.15) is 0 Å². The van der Waals surface area contributed by atoms with Crippen molar-refractivity contribution in [3.8, 4) is 11.1 Å². The summed E-state index contributed by atoms with van der Waals surface area (Å²) >= 11 is 0.